The van der Waals surface area contributed by atoms with Gasteiger partial charge in [0, 0.05) is 25.8 Å². The Labute approximate surface area is 125 Å². The number of nitrogens with one attached hydrogen (secondary N) is 1. The summed E-state index contributed by atoms with van der Waals surface area (Å²) >= 11 is 0. The minimum Gasteiger partial charge on any atom is -0.435 e. The highest BCUT2D eigenvalue weighted by atomic mass is 19.3. The zero-order valence-corrected chi connectivity index (χ0v) is 12.9. The summed E-state index contributed by atoms with van der Waals surface area (Å²) in [6, 6.07) is 7.65. The fourth-order valence-corrected chi connectivity index (χ4v) is 2.17. The molecule has 3 nitrogen and oxygen atoms in total. The summed E-state index contributed by atoms with van der Waals surface area (Å²) in [5.41, 5.74) is 1.12. The lowest BCUT2D eigenvalue weighted by molar-refractivity contribution is -0.0498. The monoisotopic (exact) mass is 301 g/mol. The lowest BCUT2D eigenvalue weighted by Gasteiger charge is -2.19. The van der Waals surface area contributed by atoms with E-state index in [1.807, 2.05) is 12.1 Å². The molecular weight excluding hydrogens is 276 g/mol. The van der Waals surface area contributed by atoms with Crippen LogP contribution in [0.2, 0.25) is 0 Å². The average Bonchev–Trinajstić information content (AvgIpc) is 2.44. The van der Waals surface area contributed by atoms with Crippen LogP contribution in [-0.2, 0) is 11.2 Å². The molecule has 0 amide bonds. The minimum atomic E-state index is -2.77. The summed E-state index contributed by atoms with van der Waals surface area (Å²) in [4.78, 5) is 0. The summed E-state index contributed by atoms with van der Waals surface area (Å²) < 4.78 is 33.5. The normalized spacial score (nSPS) is 14.2. The molecule has 1 aromatic carbocycles. The second-order valence-electron chi connectivity index (χ2n) is 5.31. The van der Waals surface area contributed by atoms with Crippen LogP contribution in [0.3, 0.4) is 0 Å². The van der Waals surface area contributed by atoms with Crippen LogP contribution in [0.5, 0.6) is 5.75 Å². The van der Waals surface area contributed by atoms with Crippen LogP contribution in [0.4, 0.5) is 8.78 Å². The van der Waals surface area contributed by atoms with Crippen LogP contribution in [-0.4, -0.2) is 32.4 Å². The molecular formula is C16H25F2NO2. The number of rotatable bonds is 10. The third-order valence-corrected chi connectivity index (χ3v) is 3.34. The molecule has 0 fully saturated rings. The predicted molar refractivity (Wildman–Crippen MR) is 79.9 cm³/mol. The van der Waals surface area contributed by atoms with Gasteiger partial charge in [0.25, 0.3) is 0 Å². The number of halogens is 2. The third kappa shape index (κ3) is 7.97. The van der Waals surface area contributed by atoms with Crippen molar-refractivity contribution in [3.63, 3.8) is 0 Å². The third-order valence-electron chi connectivity index (χ3n) is 3.34. The van der Waals surface area contributed by atoms with Gasteiger partial charge in [-0.25, -0.2) is 0 Å². The van der Waals surface area contributed by atoms with E-state index in [-0.39, 0.29) is 5.75 Å². The van der Waals surface area contributed by atoms with Gasteiger partial charge in [0.1, 0.15) is 5.75 Å². The van der Waals surface area contributed by atoms with Gasteiger partial charge in [0.15, 0.2) is 0 Å². The van der Waals surface area contributed by atoms with E-state index in [1.54, 1.807) is 19.2 Å². The van der Waals surface area contributed by atoms with Gasteiger partial charge in [-0.1, -0.05) is 12.1 Å². The van der Waals surface area contributed by atoms with E-state index in [4.69, 9.17) is 4.74 Å². The van der Waals surface area contributed by atoms with Gasteiger partial charge in [0.05, 0.1) is 0 Å². The smallest absolute Gasteiger partial charge is 0.387 e. The summed E-state index contributed by atoms with van der Waals surface area (Å²) in [5.74, 6) is 0.202. The van der Waals surface area contributed by atoms with Gasteiger partial charge in [-0.05, 0) is 50.8 Å². The first-order chi connectivity index (χ1) is 10.0. The van der Waals surface area contributed by atoms with Gasteiger partial charge in [0.2, 0.25) is 0 Å². The van der Waals surface area contributed by atoms with Gasteiger partial charge < -0.3 is 14.8 Å². The molecule has 5 heteroatoms. The fourth-order valence-electron chi connectivity index (χ4n) is 2.17. The molecule has 0 radical (unpaired) electrons. The molecule has 21 heavy (non-hydrogen) atoms. The number of ether oxygens (including phenoxy) is 2. The van der Waals surface area contributed by atoms with Gasteiger partial charge >= 0.3 is 6.61 Å². The van der Waals surface area contributed by atoms with Crippen LogP contribution in [0.25, 0.3) is 0 Å². The zero-order chi connectivity index (χ0) is 15.7. The number of hydrogen-bond acceptors (Lipinski definition) is 3. The average molecular weight is 301 g/mol. The molecule has 0 spiro atoms. The Kier molecular flexibility index (Phi) is 8.23. The van der Waals surface area contributed by atoms with Crippen molar-refractivity contribution in [2.75, 3.05) is 13.7 Å². The summed E-state index contributed by atoms with van der Waals surface area (Å²) in [7, 11) is 1.71. The van der Waals surface area contributed by atoms with Gasteiger partial charge in [-0.2, -0.15) is 8.78 Å². The van der Waals surface area contributed by atoms with Crippen molar-refractivity contribution in [3.05, 3.63) is 29.8 Å². The van der Waals surface area contributed by atoms with Crippen molar-refractivity contribution in [1.29, 1.82) is 0 Å². The highest BCUT2D eigenvalue weighted by Gasteiger charge is 2.08. The molecule has 2 unspecified atom stereocenters. The van der Waals surface area contributed by atoms with Gasteiger partial charge in [-0.3, -0.25) is 0 Å². The molecule has 120 valence electrons. The standard InChI is InChI=1S/C16H25F2NO2/c1-12(19-13(2)10-11-20-3)4-5-14-6-8-15(9-7-14)21-16(17)18/h6-9,12-13,16,19H,4-5,10-11H2,1-3H3. The van der Waals surface area contributed by atoms with Crippen molar-refractivity contribution in [3.8, 4) is 5.75 Å². The second-order valence-corrected chi connectivity index (χ2v) is 5.31. The quantitative estimate of drug-likeness (QED) is 0.716. The molecule has 1 rings (SSSR count). The number of methoxy groups -OCH3 is 1. The lowest BCUT2D eigenvalue weighted by Crippen LogP contribution is -2.35. The van der Waals surface area contributed by atoms with Crippen molar-refractivity contribution in [1.82, 2.24) is 5.32 Å². The molecule has 0 aliphatic carbocycles. The van der Waals surface area contributed by atoms with E-state index in [0.29, 0.717) is 12.1 Å². The molecule has 1 N–H and O–H groups in total. The summed E-state index contributed by atoms with van der Waals surface area (Å²) in [6.07, 6.45) is 2.88. The minimum absolute atomic E-state index is 0.202. The Hall–Kier alpha value is -1.20. The molecule has 0 bridgehead atoms. The highest BCUT2D eigenvalue weighted by molar-refractivity contribution is 5.27. The number of benzene rings is 1. The lowest BCUT2D eigenvalue weighted by atomic mass is 10.1. The Bertz CT molecular complexity index is 384. The predicted octanol–water partition coefficient (Wildman–Crippen LogP) is 3.62. The topological polar surface area (TPSA) is 30.5 Å². The maximum absolute atomic E-state index is 12.0. The molecule has 0 saturated heterocycles. The van der Waals surface area contributed by atoms with Crippen LogP contribution in [0.1, 0.15) is 32.3 Å². The first-order valence-electron chi connectivity index (χ1n) is 7.30. The van der Waals surface area contributed by atoms with E-state index in [1.165, 1.54) is 0 Å². The van der Waals surface area contributed by atoms with Crippen LogP contribution in [0.15, 0.2) is 24.3 Å². The highest BCUT2D eigenvalue weighted by Crippen LogP contribution is 2.16. The van der Waals surface area contributed by atoms with Crippen molar-refractivity contribution >= 4 is 0 Å². The summed E-state index contributed by atoms with van der Waals surface area (Å²) in [6.45, 7) is 2.28. The number of alkyl halides is 2. The van der Waals surface area contributed by atoms with Crippen LogP contribution >= 0.6 is 0 Å². The Morgan fingerprint density at radius 3 is 2.24 bits per heavy atom. The van der Waals surface area contributed by atoms with Crippen LogP contribution in [0, 0.1) is 0 Å². The van der Waals surface area contributed by atoms with E-state index in [9.17, 15) is 8.78 Å². The van der Waals surface area contributed by atoms with E-state index in [0.717, 1.165) is 31.4 Å². The van der Waals surface area contributed by atoms with Crippen molar-refractivity contribution < 1.29 is 18.3 Å². The van der Waals surface area contributed by atoms with E-state index < -0.39 is 6.61 Å². The fraction of sp³-hybridized carbons (Fsp3) is 0.625. The first-order valence-corrected chi connectivity index (χ1v) is 7.30. The summed E-state index contributed by atoms with van der Waals surface area (Å²) in [5, 5.41) is 3.52. The Balaban J connectivity index is 2.30. The van der Waals surface area contributed by atoms with Gasteiger partial charge in [-0.15, -0.1) is 0 Å². The molecule has 2 atom stereocenters. The second kappa shape index (κ2) is 9.68. The Morgan fingerprint density at radius 2 is 1.67 bits per heavy atom. The molecule has 0 saturated carbocycles. The first kappa shape index (κ1) is 17.9. The molecule has 0 aliphatic heterocycles. The SMILES string of the molecule is COCCC(C)NC(C)CCc1ccc(OC(F)F)cc1. The maximum atomic E-state index is 12.0. The van der Waals surface area contributed by atoms with E-state index >= 15 is 0 Å². The molecule has 1 aromatic rings. The number of aryl methyl sites for hydroxylation is 1. The number of hydrogen-bond donors (Lipinski definition) is 1. The molecule has 0 aliphatic rings. The zero-order valence-electron chi connectivity index (χ0n) is 12.9. The maximum Gasteiger partial charge on any atom is 0.387 e. The van der Waals surface area contributed by atoms with E-state index in [2.05, 4.69) is 23.9 Å². The van der Waals surface area contributed by atoms with Crippen LogP contribution < -0.4 is 10.1 Å². The molecule has 0 aromatic heterocycles. The largest absolute Gasteiger partial charge is 0.435 e. The van der Waals surface area contributed by atoms with Crippen molar-refractivity contribution in [2.45, 2.75) is 51.8 Å². The molecule has 0 heterocycles. The van der Waals surface area contributed by atoms with Crippen molar-refractivity contribution in [2.24, 2.45) is 0 Å². The Morgan fingerprint density at radius 1 is 1.05 bits per heavy atom.